The number of hydrogen-bond acceptors (Lipinski definition) is 5. The fraction of sp³-hybridized carbons (Fsp3) is 0.444. The largest absolute Gasteiger partial charge is 0.390 e. The molecule has 1 fully saturated rings. The van der Waals surface area contributed by atoms with E-state index in [1.165, 1.54) is 0 Å². The number of rotatable bonds is 4. The fourth-order valence-electron chi connectivity index (χ4n) is 3.04. The number of nitrogens with zero attached hydrogens (tertiary/aromatic N) is 2. The van der Waals surface area contributed by atoms with Gasteiger partial charge < -0.3 is 19.8 Å². The second kappa shape index (κ2) is 7.25. The highest BCUT2D eigenvalue weighted by atomic mass is 16.5. The molecule has 2 N–H and O–H groups in total. The van der Waals surface area contributed by atoms with E-state index in [1.54, 1.807) is 17.2 Å². The average Bonchev–Trinajstić information content (AvgIpc) is 2.62. The van der Waals surface area contributed by atoms with E-state index < -0.39 is 12.2 Å². The van der Waals surface area contributed by atoms with E-state index in [2.05, 4.69) is 4.98 Å². The zero-order valence-corrected chi connectivity index (χ0v) is 13.6. The summed E-state index contributed by atoms with van der Waals surface area (Å²) in [6, 6.07) is 9.19. The van der Waals surface area contributed by atoms with Crippen LogP contribution in [0.25, 0.3) is 10.9 Å². The summed E-state index contributed by atoms with van der Waals surface area (Å²) in [5.74, 6) is -0.393. The molecule has 3 atom stereocenters. The van der Waals surface area contributed by atoms with Gasteiger partial charge in [-0.2, -0.15) is 0 Å². The van der Waals surface area contributed by atoms with Crippen LogP contribution in [-0.4, -0.2) is 64.5 Å². The van der Waals surface area contributed by atoms with Gasteiger partial charge in [-0.3, -0.25) is 9.78 Å². The number of pyridine rings is 1. The third-order valence-corrected chi connectivity index (χ3v) is 4.47. The first-order valence-corrected chi connectivity index (χ1v) is 8.18. The Balaban J connectivity index is 1.77. The number of carbonyl (C=O) groups is 1. The minimum atomic E-state index is -0.899. The van der Waals surface area contributed by atoms with Crippen molar-refractivity contribution in [2.24, 2.45) is 5.92 Å². The maximum Gasteiger partial charge on any atom is 0.253 e. The third kappa shape index (κ3) is 3.40. The molecule has 128 valence electrons. The molecule has 0 saturated carbocycles. The summed E-state index contributed by atoms with van der Waals surface area (Å²) in [6.45, 7) is 3.23. The molecule has 3 rings (SSSR count). The van der Waals surface area contributed by atoms with Crippen LogP contribution in [0.1, 0.15) is 17.3 Å². The quantitative estimate of drug-likeness (QED) is 0.876. The average molecular weight is 330 g/mol. The van der Waals surface area contributed by atoms with Gasteiger partial charge in [0.2, 0.25) is 0 Å². The van der Waals surface area contributed by atoms with Crippen LogP contribution in [-0.2, 0) is 4.74 Å². The van der Waals surface area contributed by atoms with E-state index in [-0.39, 0.29) is 18.4 Å². The first-order chi connectivity index (χ1) is 11.6. The summed E-state index contributed by atoms with van der Waals surface area (Å²) in [5, 5.41) is 20.7. The molecule has 0 aliphatic carbocycles. The lowest BCUT2D eigenvalue weighted by molar-refractivity contribution is -0.123. The predicted molar refractivity (Wildman–Crippen MR) is 89.6 cm³/mol. The van der Waals surface area contributed by atoms with Crippen molar-refractivity contribution >= 4 is 16.8 Å². The number of fused-ring (bicyclic) bond motifs is 1. The fourth-order valence-corrected chi connectivity index (χ4v) is 3.04. The van der Waals surface area contributed by atoms with E-state index in [0.29, 0.717) is 25.3 Å². The standard InChI is InChI=1S/C18H22N2O4/c1-2-20(9-14-10-24-11-16(21)17(14)22)18(23)13-5-6-15-12(8-13)4-3-7-19-15/h3-8,14,16-17,21-22H,2,9-11H2,1H3/t14-,16-,17+/m1/s1. The molecule has 1 aromatic heterocycles. The number of carbonyl (C=O) groups excluding carboxylic acids is 1. The summed E-state index contributed by atoms with van der Waals surface area (Å²) in [4.78, 5) is 18.7. The van der Waals surface area contributed by atoms with Gasteiger partial charge in [0.15, 0.2) is 0 Å². The summed E-state index contributed by atoms with van der Waals surface area (Å²) in [6.07, 6.45) is -0.0523. The highest BCUT2D eigenvalue weighted by Crippen LogP contribution is 2.19. The molecular weight excluding hydrogens is 308 g/mol. The molecule has 1 aliphatic rings. The Kier molecular flexibility index (Phi) is 5.08. The summed E-state index contributed by atoms with van der Waals surface area (Å²) >= 11 is 0. The number of aromatic nitrogens is 1. The first-order valence-electron chi connectivity index (χ1n) is 8.18. The number of aliphatic hydroxyl groups is 2. The van der Waals surface area contributed by atoms with Gasteiger partial charge in [0.05, 0.1) is 24.8 Å². The number of aliphatic hydroxyl groups excluding tert-OH is 2. The van der Waals surface area contributed by atoms with Crippen LogP contribution in [0.4, 0.5) is 0 Å². The van der Waals surface area contributed by atoms with Crippen LogP contribution < -0.4 is 0 Å². The number of amides is 1. The summed E-state index contributed by atoms with van der Waals surface area (Å²) < 4.78 is 5.30. The molecule has 6 nitrogen and oxygen atoms in total. The van der Waals surface area contributed by atoms with Crippen LogP contribution in [0.5, 0.6) is 0 Å². The van der Waals surface area contributed by atoms with Crippen molar-refractivity contribution in [2.45, 2.75) is 19.1 Å². The smallest absolute Gasteiger partial charge is 0.253 e. The molecule has 1 saturated heterocycles. The maximum atomic E-state index is 12.8. The zero-order valence-electron chi connectivity index (χ0n) is 13.6. The molecule has 0 unspecified atom stereocenters. The first kappa shape index (κ1) is 16.8. The Bertz CT molecular complexity index is 721. The molecule has 6 heteroatoms. The van der Waals surface area contributed by atoms with Crippen LogP contribution in [0, 0.1) is 5.92 Å². The zero-order chi connectivity index (χ0) is 17.1. The maximum absolute atomic E-state index is 12.8. The van der Waals surface area contributed by atoms with Crippen molar-refractivity contribution in [3.63, 3.8) is 0 Å². The predicted octanol–water partition coefficient (Wildman–Crippen LogP) is 1.07. The van der Waals surface area contributed by atoms with Crippen LogP contribution in [0.2, 0.25) is 0 Å². The van der Waals surface area contributed by atoms with Gasteiger partial charge in [0.1, 0.15) is 6.10 Å². The number of ether oxygens (including phenoxy) is 1. The lowest BCUT2D eigenvalue weighted by Gasteiger charge is -2.35. The highest BCUT2D eigenvalue weighted by molar-refractivity contribution is 5.97. The SMILES string of the molecule is CCN(C[C@@H]1COC[C@@H](O)[C@H]1O)C(=O)c1ccc2ncccc2c1. The third-order valence-electron chi connectivity index (χ3n) is 4.47. The van der Waals surface area contributed by atoms with Gasteiger partial charge in [-0.1, -0.05) is 6.07 Å². The molecule has 0 spiro atoms. The Morgan fingerprint density at radius 3 is 2.96 bits per heavy atom. The molecule has 0 radical (unpaired) electrons. The van der Waals surface area contributed by atoms with E-state index in [1.807, 2.05) is 31.2 Å². The Morgan fingerprint density at radius 2 is 2.17 bits per heavy atom. The molecule has 2 aromatic rings. The van der Waals surface area contributed by atoms with Crippen LogP contribution >= 0.6 is 0 Å². The Labute approximate surface area is 140 Å². The van der Waals surface area contributed by atoms with Crippen LogP contribution in [0.3, 0.4) is 0 Å². The van der Waals surface area contributed by atoms with Crippen LogP contribution in [0.15, 0.2) is 36.5 Å². The minimum Gasteiger partial charge on any atom is -0.390 e. The van der Waals surface area contributed by atoms with E-state index in [0.717, 1.165) is 10.9 Å². The number of benzene rings is 1. The monoisotopic (exact) mass is 330 g/mol. The van der Waals surface area contributed by atoms with Gasteiger partial charge in [-0.15, -0.1) is 0 Å². The Morgan fingerprint density at radius 1 is 1.33 bits per heavy atom. The van der Waals surface area contributed by atoms with Gasteiger partial charge in [-0.05, 0) is 31.2 Å². The van der Waals surface area contributed by atoms with Crippen molar-refractivity contribution in [1.29, 1.82) is 0 Å². The lowest BCUT2D eigenvalue weighted by Crippen LogP contribution is -2.49. The summed E-state index contributed by atoms with van der Waals surface area (Å²) in [5.41, 5.74) is 1.43. The minimum absolute atomic E-state index is 0.101. The lowest BCUT2D eigenvalue weighted by atomic mass is 9.95. The molecule has 0 bridgehead atoms. The van der Waals surface area contributed by atoms with Crippen molar-refractivity contribution < 1.29 is 19.7 Å². The molecule has 1 aromatic carbocycles. The molecule has 1 aliphatic heterocycles. The van der Waals surface area contributed by atoms with Crippen molar-refractivity contribution in [3.8, 4) is 0 Å². The van der Waals surface area contributed by atoms with Crippen molar-refractivity contribution in [2.75, 3.05) is 26.3 Å². The van der Waals surface area contributed by atoms with E-state index >= 15 is 0 Å². The topological polar surface area (TPSA) is 82.9 Å². The van der Waals surface area contributed by atoms with E-state index in [9.17, 15) is 15.0 Å². The van der Waals surface area contributed by atoms with Gasteiger partial charge in [-0.25, -0.2) is 0 Å². The molecule has 1 amide bonds. The molecule has 24 heavy (non-hydrogen) atoms. The molecular formula is C18H22N2O4. The van der Waals surface area contributed by atoms with Gasteiger partial charge in [0, 0.05) is 36.2 Å². The second-order valence-electron chi connectivity index (χ2n) is 6.11. The normalized spacial score (nSPS) is 24.0. The van der Waals surface area contributed by atoms with Crippen molar-refractivity contribution in [1.82, 2.24) is 9.88 Å². The number of hydrogen-bond donors (Lipinski definition) is 2. The van der Waals surface area contributed by atoms with Crippen molar-refractivity contribution in [3.05, 3.63) is 42.1 Å². The van der Waals surface area contributed by atoms with Gasteiger partial charge >= 0.3 is 0 Å². The Hall–Kier alpha value is -2.02. The van der Waals surface area contributed by atoms with E-state index in [4.69, 9.17) is 4.74 Å². The highest BCUT2D eigenvalue weighted by Gasteiger charge is 2.33. The second-order valence-corrected chi connectivity index (χ2v) is 6.11. The van der Waals surface area contributed by atoms with Gasteiger partial charge in [0.25, 0.3) is 5.91 Å². The summed E-state index contributed by atoms with van der Waals surface area (Å²) in [7, 11) is 0. The molecule has 2 heterocycles.